The van der Waals surface area contributed by atoms with E-state index < -0.39 is 10.0 Å². The van der Waals surface area contributed by atoms with Crippen LogP contribution < -0.4 is 10.5 Å². The monoisotopic (exact) mass is 424 g/mol. The third kappa shape index (κ3) is 3.04. The largest absolute Gasteiger partial charge is 0.399 e. The van der Waals surface area contributed by atoms with Crippen molar-refractivity contribution in [3.63, 3.8) is 0 Å². The van der Waals surface area contributed by atoms with Crippen LogP contribution in [-0.2, 0) is 15.6 Å². The molecule has 3 heterocycles. The predicted octanol–water partition coefficient (Wildman–Crippen LogP) is 3.62. The van der Waals surface area contributed by atoms with Gasteiger partial charge in [-0.3, -0.25) is 4.99 Å². The van der Waals surface area contributed by atoms with Crippen molar-refractivity contribution in [1.29, 1.82) is 0 Å². The zero-order valence-electron chi connectivity index (χ0n) is 16.7. The quantitative estimate of drug-likeness (QED) is 0.623. The molecule has 1 spiro atoms. The molecule has 156 valence electrons. The molecule has 1 aliphatic heterocycles. The van der Waals surface area contributed by atoms with Crippen molar-refractivity contribution in [2.45, 2.75) is 55.5 Å². The van der Waals surface area contributed by atoms with Crippen molar-refractivity contribution >= 4 is 38.9 Å². The van der Waals surface area contributed by atoms with Crippen LogP contribution in [0.4, 0.5) is 11.6 Å². The second kappa shape index (κ2) is 6.80. The van der Waals surface area contributed by atoms with Crippen LogP contribution in [0, 0.1) is 0 Å². The van der Waals surface area contributed by atoms with Gasteiger partial charge in [-0.05, 0) is 50.1 Å². The summed E-state index contributed by atoms with van der Waals surface area (Å²) in [5.74, 6) is 0.0568. The second-order valence-corrected chi connectivity index (χ2v) is 9.85. The predicted molar refractivity (Wildman–Crippen MR) is 117 cm³/mol. The van der Waals surface area contributed by atoms with Gasteiger partial charge in [0, 0.05) is 29.2 Å². The highest BCUT2D eigenvalue weighted by molar-refractivity contribution is 7.92. The lowest BCUT2D eigenvalue weighted by Gasteiger charge is -2.40. The summed E-state index contributed by atoms with van der Waals surface area (Å²) in [6, 6.07) is 8.13. The number of hydrogen-bond donors (Lipinski definition) is 2. The van der Waals surface area contributed by atoms with E-state index in [0.717, 1.165) is 42.4 Å². The second-order valence-electron chi connectivity index (χ2n) is 8.17. The number of fused-ring (bicyclic) bond motifs is 4. The molecule has 1 saturated carbocycles. The van der Waals surface area contributed by atoms with Crippen LogP contribution in [0.25, 0.3) is 11.0 Å². The van der Waals surface area contributed by atoms with Crippen LogP contribution >= 0.6 is 0 Å². The van der Waals surface area contributed by atoms with Crippen molar-refractivity contribution in [2.24, 2.45) is 4.99 Å². The molecule has 1 unspecified atom stereocenters. The molecule has 3 aromatic rings. The van der Waals surface area contributed by atoms with Gasteiger partial charge in [-0.15, -0.1) is 0 Å². The Morgan fingerprint density at radius 1 is 1.17 bits per heavy atom. The van der Waals surface area contributed by atoms with E-state index in [0.29, 0.717) is 5.69 Å². The van der Waals surface area contributed by atoms with Gasteiger partial charge < -0.3 is 10.3 Å². The molecule has 5 rings (SSSR count). The first-order chi connectivity index (χ1) is 14.4. The van der Waals surface area contributed by atoms with Crippen molar-refractivity contribution in [1.82, 2.24) is 14.5 Å². The van der Waals surface area contributed by atoms with E-state index in [1.165, 1.54) is 18.6 Å². The van der Waals surface area contributed by atoms with Gasteiger partial charge in [0.2, 0.25) is 5.95 Å². The van der Waals surface area contributed by atoms with E-state index in [4.69, 9.17) is 10.7 Å². The molecule has 1 aromatic carbocycles. The molecule has 0 bridgehead atoms. The standard InChI is InChI=1S/C21H24N6O2S/c1-14-18-11-15-12-23-20(26-30(28,29)17-7-5-16(22)6-8-17)25-19(15)27(18)21(13-24-14)9-3-2-4-10-21/h5-8,11-14H,2-4,9-10,22H2,1H3,(H,23,25,26). The van der Waals surface area contributed by atoms with Crippen LogP contribution in [-0.4, -0.2) is 29.2 Å². The minimum Gasteiger partial charge on any atom is -0.399 e. The fraction of sp³-hybridized carbons (Fsp3) is 0.381. The molecule has 1 atom stereocenters. The van der Waals surface area contributed by atoms with E-state index in [9.17, 15) is 8.42 Å². The summed E-state index contributed by atoms with van der Waals surface area (Å²) in [5.41, 5.74) is 7.82. The van der Waals surface area contributed by atoms with Crippen molar-refractivity contribution < 1.29 is 8.42 Å². The van der Waals surface area contributed by atoms with E-state index in [-0.39, 0.29) is 22.4 Å². The summed E-state index contributed by atoms with van der Waals surface area (Å²) in [4.78, 5) is 13.8. The fourth-order valence-electron chi connectivity index (χ4n) is 4.56. The molecule has 2 aliphatic rings. The molecule has 8 nitrogen and oxygen atoms in total. The minimum atomic E-state index is -3.81. The molecule has 30 heavy (non-hydrogen) atoms. The maximum atomic E-state index is 12.8. The summed E-state index contributed by atoms with van der Waals surface area (Å²) in [5, 5.41) is 0.891. The fourth-order valence-corrected chi connectivity index (χ4v) is 5.51. The molecule has 9 heteroatoms. The zero-order chi connectivity index (χ0) is 20.9. The van der Waals surface area contributed by atoms with Gasteiger partial charge in [0.25, 0.3) is 10.0 Å². The average molecular weight is 425 g/mol. The number of aliphatic imine (C=N–C) groups is 1. The Hall–Kier alpha value is -2.94. The number of nitrogen functional groups attached to an aromatic ring is 1. The first-order valence-corrected chi connectivity index (χ1v) is 11.7. The number of benzene rings is 1. The highest BCUT2D eigenvalue weighted by atomic mass is 32.2. The first kappa shape index (κ1) is 19.0. The van der Waals surface area contributed by atoms with Crippen molar-refractivity contribution in [3.8, 4) is 0 Å². The number of anilines is 2. The molecule has 0 amide bonds. The van der Waals surface area contributed by atoms with Gasteiger partial charge in [0.1, 0.15) is 5.65 Å². The molecule has 0 radical (unpaired) electrons. The lowest BCUT2D eigenvalue weighted by atomic mass is 9.81. The highest BCUT2D eigenvalue weighted by Crippen LogP contribution is 2.42. The lowest BCUT2D eigenvalue weighted by molar-refractivity contribution is 0.277. The Bertz CT molecular complexity index is 1240. The highest BCUT2D eigenvalue weighted by Gasteiger charge is 2.39. The Kier molecular flexibility index (Phi) is 4.32. The van der Waals surface area contributed by atoms with Gasteiger partial charge in [0.15, 0.2) is 0 Å². The smallest absolute Gasteiger partial charge is 0.264 e. The summed E-state index contributed by atoms with van der Waals surface area (Å²) in [7, 11) is -3.81. The van der Waals surface area contributed by atoms with E-state index >= 15 is 0 Å². The molecule has 2 aromatic heterocycles. The first-order valence-electron chi connectivity index (χ1n) is 10.2. The van der Waals surface area contributed by atoms with Gasteiger partial charge in [0.05, 0.1) is 16.5 Å². The average Bonchev–Trinajstić information content (AvgIpc) is 3.12. The molecule has 1 aliphatic carbocycles. The Labute approximate surface area is 175 Å². The maximum Gasteiger partial charge on any atom is 0.264 e. The SMILES string of the molecule is CC1N=CC2(CCCCC2)n2c1cc1cnc(NS(=O)(=O)c3ccc(N)cc3)nc12. The van der Waals surface area contributed by atoms with E-state index in [1.54, 1.807) is 18.3 Å². The van der Waals surface area contributed by atoms with Crippen LogP contribution in [0.3, 0.4) is 0 Å². The Morgan fingerprint density at radius 2 is 1.90 bits per heavy atom. The Morgan fingerprint density at radius 3 is 2.63 bits per heavy atom. The molecule has 0 saturated heterocycles. The van der Waals surface area contributed by atoms with Crippen LogP contribution in [0.1, 0.15) is 50.8 Å². The third-order valence-electron chi connectivity index (χ3n) is 6.12. The van der Waals surface area contributed by atoms with Crippen LogP contribution in [0.15, 0.2) is 46.4 Å². The maximum absolute atomic E-state index is 12.8. The van der Waals surface area contributed by atoms with Crippen molar-refractivity contribution in [3.05, 3.63) is 42.2 Å². The summed E-state index contributed by atoms with van der Waals surface area (Å²) < 4.78 is 30.3. The number of nitrogens with zero attached hydrogens (tertiary/aromatic N) is 4. The normalized spacial score (nSPS) is 20.4. The zero-order valence-corrected chi connectivity index (χ0v) is 17.6. The third-order valence-corrected chi connectivity index (χ3v) is 7.46. The molecule has 3 N–H and O–H groups in total. The van der Waals surface area contributed by atoms with Crippen LogP contribution in [0.5, 0.6) is 0 Å². The number of sulfonamides is 1. The molecular formula is C21H24N6O2S. The summed E-state index contributed by atoms with van der Waals surface area (Å²) in [6.07, 6.45) is 9.29. The molecule has 1 fully saturated rings. The van der Waals surface area contributed by atoms with Crippen LogP contribution in [0.2, 0.25) is 0 Å². The number of hydrogen-bond acceptors (Lipinski definition) is 6. The Balaban J connectivity index is 1.58. The summed E-state index contributed by atoms with van der Waals surface area (Å²) in [6.45, 7) is 2.06. The van der Waals surface area contributed by atoms with Gasteiger partial charge >= 0.3 is 0 Å². The van der Waals surface area contributed by atoms with Gasteiger partial charge in [-0.25, -0.2) is 18.1 Å². The molecular weight excluding hydrogens is 400 g/mol. The number of nitrogens with two attached hydrogens (primary N) is 1. The lowest BCUT2D eigenvalue weighted by Crippen LogP contribution is -2.41. The van der Waals surface area contributed by atoms with Gasteiger partial charge in [-0.1, -0.05) is 19.3 Å². The van der Waals surface area contributed by atoms with Gasteiger partial charge in [-0.2, -0.15) is 4.98 Å². The summed E-state index contributed by atoms with van der Waals surface area (Å²) >= 11 is 0. The van der Waals surface area contributed by atoms with E-state index in [2.05, 4.69) is 38.5 Å². The number of nitrogens with one attached hydrogen (secondary N) is 1. The number of aromatic nitrogens is 3. The minimum absolute atomic E-state index is 0.0293. The van der Waals surface area contributed by atoms with E-state index in [1.807, 2.05) is 0 Å². The topological polar surface area (TPSA) is 115 Å². The van der Waals surface area contributed by atoms with Crippen molar-refractivity contribution in [2.75, 3.05) is 10.5 Å². The number of rotatable bonds is 3.